The van der Waals surface area contributed by atoms with Gasteiger partial charge in [-0.05, 0) is 36.2 Å². The molecule has 3 N–H and O–H groups in total. The number of aliphatic hydroxyl groups excluding tert-OH is 1. The first-order chi connectivity index (χ1) is 9.97. The average molecular weight is 290 g/mol. The molecule has 0 saturated heterocycles. The van der Waals surface area contributed by atoms with Gasteiger partial charge in [-0.25, -0.2) is 13.6 Å². The van der Waals surface area contributed by atoms with Crippen LogP contribution in [0.1, 0.15) is 22.8 Å². The van der Waals surface area contributed by atoms with E-state index in [-0.39, 0.29) is 11.3 Å². The van der Waals surface area contributed by atoms with Crippen molar-refractivity contribution in [3.05, 3.63) is 69.1 Å². The van der Waals surface area contributed by atoms with Crippen molar-refractivity contribution >= 4 is 11.0 Å². The van der Waals surface area contributed by atoms with Crippen LogP contribution in [0.15, 0.2) is 35.1 Å². The summed E-state index contributed by atoms with van der Waals surface area (Å²) in [5.41, 5.74) is 0.783. The van der Waals surface area contributed by atoms with Gasteiger partial charge in [-0.2, -0.15) is 0 Å². The molecule has 0 fully saturated rings. The molecule has 3 aromatic rings. The van der Waals surface area contributed by atoms with Crippen LogP contribution in [-0.4, -0.2) is 15.1 Å². The van der Waals surface area contributed by atoms with Crippen molar-refractivity contribution in [2.75, 3.05) is 0 Å². The number of H-pyrrole nitrogens is 2. The molecule has 1 unspecified atom stereocenters. The number of nitrogens with one attached hydrogen (secondary N) is 2. The highest BCUT2D eigenvalue weighted by Crippen LogP contribution is 2.29. The van der Waals surface area contributed by atoms with E-state index in [0.717, 1.165) is 6.07 Å². The molecule has 0 aliphatic carbocycles. The number of rotatable bonds is 2. The van der Waals surface area contributed by atoms with Crippen molar-refractivity contribution < 1.29 is 13.9 Å². The van der Waals surface area contributed by atoms with Gasteiger partial charge in [-0.1, -0.05) is 12.1 Å². The summed E-state index contributed by atoms with van der Waals surface area (Å²) in [5.74, 6) is -1.58. The van der Waals surface area contributed by atoms with Crippen LogP contribution in [0.5, 0.6) is 0 Å². The van der Waals surface area contributed by atoms with E-state index in [2.05, 4.69) is 9.97 Å². The second-order valence-electron chi connectivity index (χ2n) is 4.88. The van der Waals surface area contributed by atoms with Gasteiger partial charge in [0.15, 0.2) is 0 Å². The average Bonchev–Trinajstić information content (AvgIpc) is 2.82. The lowest BCUT2D eigenvalue weighted by Gasteiger charge is -2.14. The lowest BCUT2D eigenvalue weighted by molar-refractivity contribution is 0.209. The minimum atomic E-state index is -1.45. The maximum absolute atomic E-state index is 14.1. The van der Waals surface area contributed by atoms with E-state index >= 15 is 0 Å². The molecular formula is C15H12F2N2O2. The lowest BCUT2D eigenvalue weighted by Crippen LogP contribution is -2.07. The van der Waals surface area contributed by atoms with Crippen molar-refractivity contribution in [1.29, 1.82) is 0 Å². The molecule has 3 rings (SSSR count). The number of hydrogen-bond donors (Lipinski definition) is 3. The predicted molar refractivity (Wildman–Crippen MR) is 74.1 cm³/mol. The van der Waals surface area contributed by atoms with Gasteiger partial charge in [-0.3, -0.25) is 0 Å². The third-order valence-electron chi connectivity index (χ3n) is 3.45. The zero-order valence-electron chi connectivity index (χ0n) is 11.1. The normalized spacial score (nSPS) is 12.8. The summed E-state index contributed by atoms with van der Waals surface area (Å²) < 4.78 is 27.9. The lowest BCUT2D eigenvalue weighted by atomic mass is 9.98. The van der Waals surface area contributed by atoms with Crippen molar-refractivity contribution in [3.63, 3.8) is 0 Å². The van der Waals surface area contributed by atoms with Crippen LogP contribution in [0.2, 0.25) is 0 Å². The number of benzene rings is 2. The number of imidazole rings is 1. The molecule has 21 heavy (non-hydrogen) atoms. The Morgan fingerprint density at radius 3 is 2.57 bits per heavy atom. The van der Waals surface area contributed by atoms with E-state index in [4.69, 9.17) is 0 Å². The third-order valence-corrected chi connectivity index (χ3v) is 3.45. The highest BCUT2D eigenvalue weighted by molar-refractivity contribution is 5.75. The summed E-state index contributed by atoms with van der Waals surface area (Å²) in [6.07, 6.45) is -1.45. The molecular weight excluding hydrogens is 278 g/mol. The summed E-state index contributed by atoms with van der Waals surface area (Å²) in [6, 6.07) is 7.00. The second kappa shape index (κ2) is 4.82. The van der Waals surface area contributed by atoms with Crippen LogP contribution in [0.3, 0.4) is 0 Å². The van der Waals surface area contributed by atoms with Crippen molar-refractivity contribution in [3.8, 4) is 0 Å². The number of hydrogen-bond acceptors (Lipinski definition) is 2. The Balaban J connectivity index is 2.14. The second-order valence-corrected chi connectivity index (χ2v) is 4.88. The highest BCUT2D eigenvalue weighted by Gasteiger charge is 2.21. The molecule has 2 aromatic carbocycles. The first-order valence-electron chi connectivity index (χ1n) is 6.32. The number of fused-ring (bicyclic) bond motifs is 1. The Bertz CT molecular complexity index is 883. The van der Waals surface area contributed by atoms with Gasteiger partial charge < -0.3 is 15.1 Å². The zero-order chi connectivity index (χ0) is 15.1. The Hall–Kier alpha value is -2.47. The molecule has 0 aliphatic heterocycles. The Kier molecular flexibility index (Phi) is 3.10. The van der Waals surface area contributed by atoms with E-state index in [0.29, 0.717) is 16.6 Å². The first-order valence-corrected chi connectivity index (χ1v) is 6.32. The molecule has 4 nitrogen and oxygen atoms in total. The van der Waals surface area contributed by atoms with Crippen LogP contribution >= 0.6 is 0 Å². The molecule has 0 aliphatic rings. The number of aryl methyl sites for hydroxylation is 1. The maximum atomic E-state index is 14.1. The van der Waals surface area contributed by atoms with Gasteiger partial charge in [0.25, 0.3) is 0 Å². The first kappa shape index (κ1) is 13.5. The van der Waals surface area contributed by atoms with Gasteiger partial charge in [0, 0.05) is 0 Å². The van der Waals surface area contributed by atoms with E-state index in [1.807, 2.05) is 0 Å². The van der Waals surface area contributed by atoms with Crippen molar-refractivity contribution in [1.82, 2.24) is 9.97 Å². The van der Waals surface area contributed by atoms with E-state index < -0.39 is 23.3 Å². The Morgan fingerprint density at radius 1 is 1.10 bits per heavy atom. The highest BCUT2D eigenvalue weighted by atomic mass is 19.1. The monoisotopic (exact) mass is 290 g/mol. The van der Waals surface area contributed by atoms with Gasteiger partial charge in [0.1, 0.15) is 17.7 Å². The molecule has 0 amide bonds. The van der Waals surface area contributed by atoms with Crippen LogP contribution in [0.25, 0.3) is 11.0 Å². The van der Waals surface area contributed by atoms with E-state index in [1.54, 1.807) is 6.07 Å². The fraction of sp³-hybridized carbons (Fsp3) is 0.133. The van der Waals surface area contributed by atoms with Crippen LogP contribution in [0.4, 0.5) is 8.78 Å². The summed E-state index contributed by atoms with van der Waals surface area (Å²) in [7, 11) is 0. The van der Waals surface area contributed by atoms with Crippen molar-refractivity contribution in [2.24, 2.45) is 0 Å². The predicted octanol–water partition coefficient (Wildman–Crippen LogP) is 2.52. The SMILES string of the molecule is Cc1ccc(F)c(C(O)c2ccc3[nH]c(=O)[nH]c3c2)c1F. The van der Waals surface area contributed by atoms with E-state index in [9.17, 15) is 18.7 Å². The van der Waals surface area contributed by atoms with Crippen LogP contribution in [0, 0.1) is 18.6 Å². The van der Waals surface area contributed by atoms with Crippen LogP contribution in [-0.2, 0) is 0 Å². The quantitative estimate of drug-likeness (QED) is 0.679. The summed E-state index contributed by atoms with van der Waals surface area (Å²) >= 11 is 0. The van der Waals surface area contributed by atoms with Gasteiger partial charge >= 0.3 is 5.69 Å². The van der Waals surface area contributed by atoms with E-state index in [1.165, 1.54) is 25.1 Å². The molecule has 0 spiro atoms. The fourth-order valence-electron chi connectivity index (χ4n) is 2.32. The molecule has 1 atom stereocenters. The largest absolute Gasteiger partial charge is 0.383 e. The number of aromatic nitrogens is 2. The molecule has 1 heterocycles. The third kappa shape index (κ3) is 2.23. The molecule has 0 radical (unpaired) electrons. The number of halogens is 2. The molecule has 0 saturated carbocycles. The smallest absolute Gasteiger partial charge is 0.323 e. The zero-order valence-corrected chi connectivity index (χ0v) is 11.1. The fourth-order valence-corrected chi connectivity index (χ4v) is 2.32. The number of aromatic amines is 2. The molecule has 0 bridgehead atoms. The maximum Gasteiger partial charge on any atom is 0.323 e. The van der Waals surface area contributed by atoms with Crippen molar-refractivity contribution in [2.45, 2.75) is 13.0 Å². The Labute approximate surface area is 118 Å². The topological polar surface area (TPSA) is 68.9 Å². The summed E-state index contributed by atoms with van der Waals surface area (Å²) in [5, 5.41) is 10.3. The molecule has 108 valence electrons. The number of aliphatic hydroxyl groups is 1. The standard InChI is InChI=1S/C15H12F2N2O2/c1-7-2-4-9(16)12(13(7)17)14(20)8-3-5-10-11(6-8)19-15(21)18-10/h2-6,14,20H,1H3,(H2,18,19,21). The minimum Gasteiger partial charge on any atom is -0.383 e. The minimum absolute atomic E-state index is 0.251. The van der Waals surface area contributed by atoms with Gasteiger partial charge in [0.05, 0.1) is 16.6 Å². The van der Waals surface area contributed by atoms with Gasteiger partial charge in [0.2, 0.25) is 0 Å². The van der Waals surface area contributed by atoms with Crippen LogP contribution < -0.4 is 5.69 Å². The molecule has 6 heteroatoms. The molecule has 1 aromatic heterocycles. The van der Waals surface area contributed by atoms with Gasteiger partial charge in [-0.15, -0.1) is 0 Å². The summed E-state index contributed by atoms with van der Waals surface area (Å²) in [6.45, 7) is 1.50. The Morgan fingerprint density at radius 2 is 1.81 bits per heavy atom. The summed E-state index contributed by atoms with van der Waals surface area (Å²) in [4.78, 5) is 16.3.